The molecule has 1 atom stereocenters. The molecule has 2 N–H and O–H groups in total. The molecule has 1 aromatic carbocycles. The van der Waals surface area contributed by atoms with Gasteiger partial charge in [0.2, 0.25) is 5.91 Å². The van der Waals surface area contributed by atoms with E-state index in [9.17, 15) is 4.79 Å². The molecular formula is C17H22N4O2. The Hall–Kier alpha value is -2.18. The van der Waals surface area contributed by atoms with E-state index in [1.807, 2.05) is 25.1 Å². The van der Waals surface area contributed by atoms with Crippen molar-refractivity contribution in [2.24, 2.45) is 0 Å². The number of nitrogens with zero attached hydrogens (tertiary/aromatic N) is 2. The monoisotopic (exact) mass is 314 g/mol. The Morgan fingerprint density at radius 3 is 3.00 bits per heavy atom. The topological polar surface area (TPSA) is 70.2 Å². The van der Waals surface area contributed by atoms with Crippen LogP contribution in [0.25, 0.3) is 0 Å². The number of morpholine rings is 1. The van der Waals surface area contributed by atoms with Gasteiger partial charge >= 0.3 is 0 Å². The van der Waals surface area contributed by atoms with E-state index in [4.69, 9.17) is 4.74 Å². The van der Waals surface area contributed by atoms with Crippen molar-refractivity contribution in [1.82, 2.24) is 15.1 Å². The standard InChI is InChI=1S/C17H22N4O2/c1-13-10-18-20-17(13)19-16(22)9-15-12-21(7-8-23-15)11-14-5-3-2-4-6-14/h2-6,10,15H,7-9,11-12H2,1H3,(H2,18,19,20,22). The summed E-state index contributed by atoms with van der Waals surface area (Å²) in [6.07, 6.45) is 1.97. The molecule has 0 bridgehead atoms. The molecule has 1 aliphatic rings. The van der Waals surface area contributed by atoms with Crippen molar-refractivity contribution in [1.29, 1.82) is 0 Å². The molecule has 1 amide bonds. The minimum Gasteiger partial charge on any atom is -0.375 e. The number of carbonyl (C=O) groups excluding carboxylic acids is 1. The number of carbonyl (C=O) groups is 1. The minimum atomic E-state index is -0.0734. The summed E-state index contributed by atoms with van der Waals surface area (Å²) < 4.78 is 5.74. The van der Waals surface area contributed by atoms with Crippen LogP contribution in [0, 0.1) is 6.92 Å². The van der Waals surface area contributed by atoms with Crippen molar-refractivity contribution in [2.75, 3.05) is 25.0 Å². The number of benzene rings is 1. The maximum Gasteiger partial charge on any atom is 0.228 e. The molecule has 0 radical (unpaired) electrons. The van der Waals surface area contributed by atoms with Crippen molar-refractivity contribution >= 4 is 11.7 Å². The molecule has 23 heavy (non-hydrogen) atoms. The van der Waals surface area contributed by atoms with Crippen LogP contribution in [0.3, 0.4) is 0 Å². The summed E-state index contributed by atoms with van der Waals surface area (Å²) in [5.74, 6) is 0.607. The molecule has 1 fully saturated rings. The van der Waals surface area contributed by atoms with Crippen LogP contribution in [0.5, 0.6) is 0 Å². The van der Waals surface area contributed by atoms with E-state index in [1.54, 1.807) is 6.20 Å². The Balaban J connectivity index is 1.50. The summed E-state index contributed by atoms with van der Waals surface area (Å²) in [6, 6.07) is 10.4. The van der Waals surface area contributed by atoms with Crippen LogP contribution in [0.4, 0.5) is 5.82 Å². The summed E-state index contributed by atoms with van der Waals surface area (Å²) in [7, 11) is 0. The van der Waals surface area contributed by atoms with Gasteiger partial charge in [0.25, 0.3) is 0 Å². The Labute approximate surface area is 135 Å². The first-order valence-corrected chi connectivity index (χ1v) is 7.88. The third kappa shape index (κ3) is 4.40. The first-order chi connectivity index (χ1) is 11.2. The van der Waals surface area contributed by atoms with Crippen molar-refractivity contribution in [3.05, 3.63) is 47.7 Å². The highest BCUT2D eigenvalue weighted by atomic mass is 16.5. The fraction of sp³-hybridized carbons (Fsp3) is 0.412. The van der Waals surface area contributed by atoms with Crippen molar-refractivity contribution in [3.63, 3.8) is 0 Å². The van der Waals surface area contributed by atoms with E-state index in [2.05, 4.69) is 32.5 Å². The van der Waals surface area contributed by atoms with Crippen LogP contribution in [-0.4, -0.2) is 46.8 Å². The van der Waals surface area contributed by atoms with Crippen LogP contribution < -0.4 is 5.32 Å². The van der Waals surface area contributed by atoms with Gasteiger partial charge in [0.1, 0.15) is 5.82 Å². The number of nitrogens with one attached hydrogen (secondary N) is 2. The second-order valence-electron chi connectivity index (χ2n) is 5.89. The van der Waals surface area contributed by atoms with E-state index in [0.29, 0.717) is 18.8 Å². The van der Waals surface area contributed by atoms with Crippen molar-refractivity contribution in [3.8, 4) is 0 Å². The van der Waals surface area contributed by atoms with E-state index in [0.717, 1.165) is 25.2 Å². The van der Waals surface area contributed by atoms with Gasteiger partial charge < -0.3 is 10.1 Å². The Morgan fingerprint density at radius 2 is 2.26 bits per heavy atom. The molecule has 122 valence electrons. The number of aromatic amines is 1. The smallest absolute Gasteiger partial charge is 0.228 e. The fourth-order valence-electron chi connectivity index (χ4n) is 2.76. The van der Waals surface area contributed by atoms with Crippen LogP contribution in [0.15, 0.2) is 36.5 Å². The molecule has 3 rings (SSSR count). The van der Waals surface area contributed by atoms with Gasteiger partial charge in [-0.05, 0) is 12.5 Å². The van der Waals surface area contributed by atoms with Gasteiger partial charge in [0, 0.05) is 25.2 Å². The normalized spacial score (nSPS) is 18.7. The Morgan fingerprint density at radius 1 is 1.43 bits per heavy atom. The molecule has 1 unspecified atom stereocenters. The van der Waals surface area contributed by atoms with Gasteiger partial charge in [0.15, 0.2) is 0 Å². The quantitative estimate of drug-likeness (QED) is 0.885. The third-order valence-electron chi connectivity index (χ3n) is 3.98. The third-order valence-corrected chi connectivity index (χ3v) is 3.98. The Bertz CT molecular complexity index is 641. The molecule has 0 aliphatic carbocycles. The van der Waals surface area contributed by atoms with Gasteiger partial charge in [-0.1, -0.05) is 30.3 Å². The zero-order valence-electron chi connectivity index (χ0n) is 13.3. The summed E-state index contributed by atoms with van der Waals surface area (Å²) in [5, 5.41) is 9.53. The van der Waals surface area contributed by atoms with E-state index in [1.165, 1.54) is 5.56 Å². The SMILES string of the molecule is Cc1cn[nH]c1NC(=O)CC1CN(Cc2ccccc2)CCO1. The molecule has 0 spiro atoms. The number of aryl methyl sites for hydroxylation is 1. The fourth-order valence-corrected chi connectivity index (χ4v) is 2.76. The van der Waals surface area contributed by atoms with Crippen LogP contribution >= 0.6 is 0 Å². The zero-order valence-corrected chi connectivity index (χ0v) is 13.3. The number of amides is 1. The molecular weight excluding hydrogens is 292 g/mol. The number of anilines is 1. The molecule has 1 saturated heterocycles. The van der Waals surface area contributed by atoms with Crippen LogP contribution in [0.1, 0.15) is 17.5 Å². The molecule has 6 nitrogen and oxygen atoms in total. The number of hydrogen-bond donors (Lipinski definition) is 2. The summed E-state index contributed by atoms with van der Waals surface area (Å²) in [4.78, 5) is 14.5. The molecule has 2 heterocycles. The maximum absolute atomic E-state index is 12.1. The molecule has 6 heteroatoms. The first kappa shape index (κ1) is 15.7. The molecule has 1 aliphatic heterocycles. The van der Waals surface area contributed by atoms with Gasteiger partial charge in [0.05, 0.1) is 25.3 Å². The second kappa shape index (κ2) is 7.39. The summed E-state index contributed by atoms with van der Waals surface area (Å²) in [5.41, 5.74) is 2.21. The van der Waals surface area contributed by atoms with Gasteiger partial charge in [-0.2, -0.15) is 5.10 Å². The number of H-pyrrole nitrogens is 1. The lowest BCUT2D eigenvalue weighted by atomic mass is 10.1. The average Bonchev–Trinajstić information content (AvgIpc) is 2.93. The molecule has 1 aromatic heterocycles. The summed E-state index contributed by atoms with van der Waals surface area (Å²) >= 11 is 0. The number of rotatable bonds is 5. The molecule has 0 saturated carbocycles. The highest BCUT2D eigenvalue weighted by Crippen LogP contribution is 2.14. The average molecular weight is 314 g/mol. The van der Waals surface area contributed by atoms with Gasteiger partial charge in [-0.3, -0.25) is 14.8 Å². The van der Waals surface area contributed by atoms with Crippen LogP contribution in [0.2, 0.25) is 0 Å². The van der Waals surface area contributed by atoms with E-state index in [-0.39, 0.29) is 12.0 Å². The predicted octanol–water partition coefficient (Wildman–Crippen LogP) is 1.95. The highest BCUT2D eigenvalue weighted by Gasteiger charge is 2.23. The largest absolute Gasteiger partial charge is 0.375 e. The van der Waals surface area contributed by atoms with Gasteiger partial charge in [-0.15, -0.1) is 0 Å². The maximum atomic E-state index is 12.1. The predicted molar refractivity (Wildman–Crippen MR) is 88.0 cm³/mol. The second-order valence-corrected chi connectivity index (χ2v) is 5.89. The highest BCUT2D eigenvalue weighted by molar-refractivity contribution is 5.90. The minimum absolute atomic E-state index is 0.0519. The van der Waals surface area contributed by atoms with Crippen molar-refractivity contribution in [2.45, 2.75) is 26.0 Å². The van der Waals surface area contributed by atoms with Crippen molar-refractivity contribution < 1.29 is 9.53 Å². The summed E-state index contributed by atoms with van der Waals surface area (Å²) in [6.45, 7) is 5.12. The van der Waals surface area contributed by atoms with Gasteiger partial charge in [-0.25, -0.2) is 0 Å². The number of ether oxygens (including phenoxy) is 1. The lowest BCUT2D eigenvalue weighted by molar-refractivity contribution is -0.121. The lowest BCUT2D eigenvalue weighted by Gasteiger charge is -2.32. The number of hydrogen-bond acceptors (Lipinski definition) is 4. The Kier molecular flexibility index (Phi) is 5.05. The number of aromatic nitrogens is 2. The lowest BCUT2D eigenvalue weighted by Crippen LogP contribution is -2.43. The van der Waals surface area contributed by atoms with E-state index < -0.39 is 0 Å². The van der Waals surface area contributed by atoms with Crippen LogP contribution in [-0.2, 0) is 16.1 Å². The molecule has 2 aromatic rings. The first-order valence-electron chi connectivity index (χ1n) is 7.88. The van der Waals surface area contributed by atoms with E-state index >= 15 is 0 Å². The zero-order chi connectivity index (χ0) is 16.1.